The Kier molecular flexibility index (Phi) is 5.39. The van der Waals surface area contributed by atoms with Gasteiger partial charge in [0.1, 0.15) is 11.4 Å². The van der Waals surface area contributed by atoms with Crippen LogP contribution in [0.3, 0.4) is 0 Å². The van der Waals surface area contributed by atoms with Gasteiger partial charge in [-0.3, -0.25) is 5.32 Å². The number of carbonyl (C=O) groups excluding carboxylic acids is 1. The van der Waals surface area contributed by atoms with Crippen molar-refractivity contribution in [1.82, 2.24) is 0 Å². The molecule has 0 spiro atoms. The summed E-state index contributed by atoms with van der Waals surface area (Å²) in [7, 11) is 0. The molecule has 0 saturated heterocycles. The molecule has 6 heteroatoms. The van der Waals surface area contributed by atoms with Gasteiger partial charge in [0.15, 0.2) is 0 Å². The zero-order valence-corrected chi connectivity index (χ0v) is 14.1. The quantitative estimate of drug-likeness (QED) is 0.547. The third kappa shape index (κ3) is 4.72. The minimum Gasteiger partial charge on any atom is -0.444 e. The van der Waals surface area contributed by atoms with Gasteiger partial charge in [0.2, 0.25) is 0 Å². The molecule has 3 nitrogen and oxygen atoms in total. The van der Waals surface area contributed by atoms with E-state index < -0.39 is 11.7 Å². The minimum atomic E-state index is -0.560. The zero-order valence-electron chi connectivity index (χ0n) is 10.3. The third-order valence-electron chi connectivity index (χ3n) is 1.89. The topological polar surface area (TPSA) is 38.3 Å². The van der Waals surface area contributed by atoms with E-state index in [1.807, 2.05) is 22.6 Å². The molecule has 0 saturated carbocycles. The average molecular weight is 430 g/mol. The van der Waals surface area contributed by atoms with E-state index in [-0.39, 0.29) is 5.82 Å². The second-order valence-corrected chi connectivity index (χ2v) is 6.41. The van der Waals surface area contributed by atoms with Crippen LogP contribution in [0.5, 0.6) is 0 Å². The average Bonchev–Trinajstić information content (AvgIpc) is 2.20. The van der Waals surface area contributed by atoms with Gasteiger partial charge in [-0.2, -0.15) is 0 Å². The van der Waals surface area contributed by atoms with Crippen molar-refractivity contribution in [3.63, 3.8) is 0 Å². The Morgan fingerprint density at radius 3 is 2.61 bits per heavy atom. The molecule has 0 radical (unpaired) electrons. The molecule has 1 N–H and O–H groups in total. The Bertz CT molecular complexity index is 460. The first-order valence-corrected chi connectivity index (χ1v) is 7.47. The van der Waals surface area contributed by atoms with E-state index in [1.165, 1.54) is 0 Å². The smallest absolute Gasteiger partial charge is 0.412 e. The van der Waals surface area contributed by atoms with Gasteiger partial charge in [-0.05, 0) is 55.5 Å². The molecular formula is C12H14BrFINO2. The highest BCUT2D eigenvalue weighted by Gasteiger charge is 2.17. The number of amides is 1. The van der Waals surface area contributed by atoms with Crippen molar-refractivity contribution < 1.29 is 13.9 Å². The van der Waals surface area contributed by atoms with Crippen LogP contribution in [0, 0.1) is 9.39 Å². The van der Waals surface area contributed by atoms with Crippen LogP contribution in [-0.4, -0.2) is 11.7 Å². The molecule has 100 valence electrons. The maximum atomic E-state index is 13.6. The molecule has 0 atom stereocenters. The summed E-state index contributed by atoms with van der Waals surface area (Å²) in [6.45, 7) is 5.35. The fraction of sp³-hybridized carbons (Fsp3) is 0.417. The molecule has 0 aliphatic rings. The number of hydrogen-bond donors (Lipinski definition) is 1. The van der Waals surface area contributed by atoms with Crippen LogP contribution >= 0.6 is 38.5 Å². The fourth-order valence-corrected chi connectivity index (χ4v) is 2.33. The Morgan fingerprint density at radius 1 is 1.50 bits per heavy atom. The van der Waals surface area contributed by atoms with Gasteiger partial charge in [-0.25, -0.2) is 9.18 Å². The first-order valence-electron chi connectivity index (χ1n) is 5.27. The van der Waals surface area contributed by atoms with Crippen LogP contribution in [-0.2, 0) is 10.1 Å². The van der Waals surface area contributed by atoms with Gasteiger partial charge in [-0.1, -0.05) is 15.9 Å². The molecular weight excluding hydrogens is 416 g/mol. The molecule has 0 bridgehead atoms. The lowest BCUT2D eigenvalue weighted by Crippen LogP contribution is -2.27. The Morgan fingerprint density at radius 2 is 2.11 bits per heavy atom. The summed E-state index contributed by atoms with van der Waals surface area (Å²) in [6.07, 6.45) is -0.551. The van der Waals surface area contributed by atoms with Gasteiger partial charge in [0, 0.05) is 16.6 Å². The second kappa shape index (κ2) is 6.18. The van der Waals surface area contributed by atoms with Gasteiger partial charge in [0.05, 0.1) is 3.57 Å². The van der Waals surface area contributed by atoms with E-state index in [0.717, 1.165) is 0 Å². The molecule has 0 fully saturated rings. The maximum absolute atomic E-state index is 13.6. The molecule has 0 aromatic heterocycles. The SMILES string of the molecule is CC(C)(C)OC(=O)Nc1cc(I)c(F)c(CBr)c1. The molecule has 1 amide bonds. The number of rotatable bonds is 2. The van der Waals surface area contributed by atoms with Crippen molar-refractivity contribution in [2.75, 3.05) is 5.32 Å². The Hall–Kier alpha value is -0.370. The summed E-state index contributed by atoms with van der Waals surface area (Å²) in [5.74, 6) is -0.276. The van der Waals surface area contributed by atoms with Crippen molar-refractivity contribution in [2.24, 2.45) is 0 Å². The molecule has 1 aromatic carbocycles. The Balaban J connectivity index is 2.86. The number of anilines is 1. The fourth-order valence-electron chi connectivity index (χ4n) is 1.24. The first kappa shape index (κ1) is 15.7. The molecule has 1 rings (SSSR count). The number of halogens is 3. The molecule has 0 aliphatic carbocycles. The summed E-state index contributed by atoms with van der Waals surface area (Å²) in [6, 6.07) is 3.14. The Labute approximate surface area is 128 Å². The third-order valence-corrected chi connectivity index (χ3v) is 3.28. The standard InChI is InChI=1S/C12H14BrFINO2/c1-12(2,3)18-11(17)16-8-4-7(6-13)10(14)9(15)5-8/h4-5H,6H2,1-3H3,(H,16,17). The lowest BCUT2D eigenvalue weighted by atomic mass is 10.2. The van der Waals surface area contributed by atoms with Crippen LogP contribution in [0.4, 0.5) is 14.9 Å². The van der Waals surface area contributed by atoms with Gasteiger partial charge in [-0.15, -0.1) is 0 Å². The summed E-state index contributed by atoms with van der Waals surface area (Å²) < 4.78 is 19.2. The van der Waals surface area contributed by atoms with Crippen molar-refractivity contribution in [3.05, 3.63) is 27.1 Å². The number of nitrogens with one attached hydrogen (secondary N) is 1. The van der Waals surface area contributed by atoms with E-state index in [1.54, 1.807) is 32.9 Å². The van der Waals surface area contributed by atoms with E-state index in [0.29, 0.717) is 20.2 Å². The number of hydrogen-bond acceptors (Lipinski definition) is 2. The van der Waals surface area contributed by atoms with Crippen LogP contribution in [0.1, 0.15) is 26.3 Å². The lowest BCUT2D eigenvalue weighted by molar-refractivity contribution is 0.0636. The molecule has 0 heterocycles. The van der Waals surface area contributed by atoms with Gasteiger partial charge >= 0.3 is 6.09 Å². The number of ether oxygens (including phenoxy) is 1. The number of alkyl halides is 1. The second-order valence-electron chi connectivity index (χ2n) is 4.69. The van der Waals surface area contributed by atoms with Gasteiger partial charge < -0.3 is 4.74 Å². The normalized spacial score (nSPS) is 11.2. The predicted molar refractivity (Wildman–Crippen MR) is 81.6 cm³/mol. The highest BCUT2D eigenvalue weighted by atomic mass is 127. The van der Waals surface area contributed by atoms with Crippen LogP contribution in [0.25, 0.3) is 0 Å². The summed E-state index contributed by atoms with van der Waals surface area (Å²) >= 11 is 5.09. The highest BCUT2D eigenvalue weighted by Crippen LogP contribution is 2.23. The van der Waals surface area contributed by atoms with Crippen LogP contribution < -0.4 is 5.32 Å². The van der Waals surface area contributed by atoms with Crippen LogP contribution in [0.2, 0.25) is 0 Å². The summed E-state index contributed by atoms with van der Waals surface area (Å²) in [5.41, 5.74) is 0.452. The summed E-state index contributed by atoms with van der Waals surface area (Å²) in [4.78, 5) is 11.6. The lowest BCUT2D eigenvalue weighted by Gasteiger charge is -2.20. The van der Waals surface area contributed by atoms with E-state index in [2.05, 4.69) is 21.2 Å². The largest absolute Gasteiger partial charge is 0.444 e. The monoisotopic (exact) mass is 429 g/mol. The summed E-state index contributed by atoms with van der Waals surface area (Å²) in [5, 5.41) is 2.98. The van der Waals surface area contributed by atoms with E-state index in [4.69, 9.17) is 4.74 Å². The van der Waals surface area contributed by atoms with E-state index in [9.17, 15) is 9.18 Å². The highest BCUT2D eigenvalue weighted by molar-refractivity contribution is 14.1. The number of carbonyl (C=O) groups is 1. The molecule has 0 unspecified atom stereocenters. The van der Waals surface area contributed by atoms with Crippen molar-refractivity contribution in [3.8, 4) is 0 Å². The van der Waals surface area contributed by atoms with Crippen LogP contribution in [0.15, 0.2) is 12.1 Å². The van der Waals surface area contributed by atoms with Gasteiger partial charge in [0.25, 0.3) is 0 Å². The van der Waals surface area contributed by atoms with Crippen molar-refractivity contribution in [2.45, 2.75) is 31.7 Å². The van der Waals surface area contributed by atoms with Crippen molar-refractivity contribution in [1.29, 1.82) is 0 Å². The predicted octanol–water partition coefficient (Wildman–Crippen LogP) is 4.67. The molecule has 0 aliphatic heterocycles. The van der Waals surface area contributed by atoms with E-state index >= 15 is 0 Å². The molecule has 18 heavy (non-hydrogen) atoms. The van der Waals surface area contributed by atoms with Crippen molar-refractivity contribution >= 4 is 50.3 Å². The molecule has 1 aromatic rings. The zero-order chi connectivity index (χ0) is 13.9. The number of benzene rings is 1. The minimum absolute atomic E-state index is 0.276. The maximum Gasteiger partial charge on any atom is 0.412 e. The first-order chi connectivity index (χ1) is 8.23.